The lowest BCUT2D eigenvalue weighted by molar-refractivity contribution is -0.126. The molecule has 0 bridgehead atoms. The number of ether oxygens (including phenoxy) is 1. The molecule has 8 heteroatoms. The average molecular weight is 309 g/mol. The Morgan fingerprint density at radius 3 is 2.52 bits per heavy atom. The average Bonchev–Trinajstić information content (AvgIpc) is 2.47. The monoisotopic (exact) mass is 309 g/mol. The van der Waals surface area contributed by atoms with Gasteiger partial charge in [-0.25, -0.2) is 13.6 Å². The van der Waals surface area contributed by atoms with Crippen LogP contribution < -0.4 is 10.5 Å². The summed E-state index contributed by atoms with van der Waals surface area (Å²) in [5.74, 6) is -0.538. The lowest BCUT2D eigenvalue weighted by Gasteiger charge is -2.29. The molecule has 1 aromatic carbocycles. The summed E-state index contributed by atoms with van der Waals surface area (Å²) in [7, 11) is -3.96. The molecule has 1 aromatic rings. The molecule has 3 N–H and O–H groups in total. The second-order valence-corrected chi connectivity index (χ2v) is 6.33. The van der Waals surface area contributed by atoms with E-state index in [-0.39, 0.29) is 23.4 Å². The van der Waals surface area contributed by atoms with Crippen molar-refractivity contribution in [3.63, 3.8) is 0 Å². The Morgan fingerprint density at radius 2 is 1.95 bits per heavy atom. The van der Waals surface area contributed by atoms with Gasteiger partial charge < -0.3 is 10.1 Å². The molecule has 0 radical (unpaired) electrons. The van der Waals surface area contributed by atoms with Crippen molar-refractivity contribution in [3.8, 4) is 6.07 Å². The third kappa shape index (κ3) is 3.21. The van der Waals surface area contributed by atoms with Crippen molar-refractivity contribution in [1.29, 1.82) is 5.26 Å². The number of hydrogen-bond donors (Lipinski definition) is 2. The van der Waals surface area contributed by atoms with Crippen LogP contribution in [-0.2, 0) is 19.6 Å². The maximum absolute atomic E-state index is 12.4. The number of para-hydroxylation sites is 1. The summed E-state index contributed by atoms with van der Waals surface area (Å²) in [6.07, 6.45) is 0.541. The van der Waals surface area contributed by atoms with Crippen LogP contribution >= 0.6 is 0 Å². The molecule has 7 nitrogen and oxygen atoms in total. The van der Waals surface area contributed by atoms with Crippen LogP contribution in [-0.4, -0.2) is 27.5 Å². The highest BCUT2D eigenvalue weighted by molar-refractivity contribution is 7.89. The van der Waals surface area contributed by atoms with Gasteiger partial charge in [-0.05, 0) is 25.0 Å². The highest BCUT2D eigenvalue weighted by Crippen LogP contribution is 2.32. The number of rotatable bonds is 3. The van der Waals surface area contributed by atoms with E-state index >= 15 is 0 Å². The molecule has 0 aromatic heterocycles. The van der Waals surface area contributed by atoms with Gasteiger partial charge in [0, 0.05) is 13.2 Å². The van der Waals surface area contributed by atoms with Gasteiger partial charge in [0.05, 0.1) is 11.8 Å². The minimum atomic E-state index is -3.96. The molecule has 1 aliphatic heterocycles. The summed E-state index contributed by atoms with van der Waals surface area (Å²) in [5, 5.41) is 16.9. The Morgan fingerprint density at radius 1 is 1.33 bits per heavy atom. The molecule has 1 saturated heterocycles. The Balaban J connectivity index is 2.30. The first-order valence-corrected chi connectivity index (χ1v) is 7.86. The maximum atomic E-state index is 12.4. The molecule has 1 fully saturated rings. The molecule has 1 amide bonds. The van der Waals surface area contributed by atoms with Crippen molar-refractivity contribution in [2.24, 2.45) is 10.6 Å². The van der Waals surface area contributed by atoms with Crippen LogP contribution in [0.3, 0.4) is 0 Å². The van der Waals surface area contributed by atoms with Crippen LogP contribution in [0.2, 0.25) is 0 Å². The van der Waals surface area contributed by atoms with Gasteiger partial charge in [0.25, 0.3) is 0 Å². The summed E-state index contributed by atoms with van der Waals surface area (Å²) in [5.41, 5.74) is -1.13. The molecule has 2 rings (SSSR count). The number of benzene rings is 1. The van der Waals surface area contributed by atoms with Crippen LogP contribution in [0.15, 0.2) is 29.2 Å². The van der Waals surface area contributed by atoms with Crippen LogP contribution in [0.5, 0.6) is 0 Å². The van der Waals surface area contributed by atoms with E-state index in [1.165, 1.54) is 18.2 Å². The van der Waals surface area contributed by atoms with Crippen molar-refractivity contribution in [2.45, 2.75) is 17.7 Å². The molecule has 1 aliphatic rings. The molecule has 112 valence electrons. The predicted molar refractivity (Wildman–Crippen MR) is 74.5 cm³/mol. The number of carbonyl (C=O) groups excluding carboxylic acids is 1. The SMILES string of the molecule is N#CC1(C(=O)Nc2ccccc2S(N)(=O)=O)CCOCC1. The second-order valence-electron chi connectivity index (χ2n) is 4.80. The van der Waals surface area contributed by atoms with Gasteiger partial charge in [-0.15, -0.1) is 0 Å². The topological polar surface area (TPSA) is 122 Å². The number of nitriles is 1. The first-order chi connectivity index (χ1) is 9.89. The van der Waals surface area contributed by atoms with E-state index in [0.29, 0.717) is 13.2 Å². The zero-order valence-corrected chi connectivity index (χ0v) is 12.0. The summed E-state index contributed by atoms with van der Waals surface area (Å²) < 4.78 is 28.2. The lowest BCUT2D eigenvalue weighted by Crippen LogP contribution is -2.40. The molecular formula is C13H15N3O4S. The normalized spacial score (nSPS) is 17.7. The van der Waals surface area contributed by atoms with Gasteiger partial charge in [-0.1, -0.05) is 12.1 Å². The minimum absolute atomic E-state index is 0.0751. The van der Waals surface area contributed by atoms with Crippen molar-refractivity contribution >= 4 is 21.6 Å². The number of primary sulfonamides is 1. The van der Waals surface area contributed by atoms with Crippen molar-refractivity contribution in [1.82, 2.24) is 0 Å². The lowest BCUT2D eigenvalue weighted by atomic mass is 9.81. The van der Waals surface area contributed by atoms with Gasteiger partial charge in [-0.2, -0.15) is 5.26 Å². The van der Waals surface area contributed by atoms with Crippen molar-refractivity contribution < 1.29 is 17.9 Å². The van der Waals surface area contributed by atoms with E-state index in [2.05, 4.69) is 5.32 Å². The summed E-state index contributed by atoms with van der Waals surface area (Å²) >= 11 is 0. The van der Waals surface area contributed by atoms with Crippen molar-refractivity contribution in [3.05, 3.63) is 24.3 Å². The number of amides is 1. The van der Waals surface area contributed by atoms with Gasteiger partial charge in [0.15, 0.2) is 0 Å². The quantitative estimate of drug-likeness (QED) is 0.846. The first kappa shape index (κ1) is 15.4. The number of sulfonamides is 1. The highest BCUT2D eigenvalue weighted by atomic mass is 32.2. The highest BCUT2D eigenvalue weighted by Gasteiger charge is 2.40. The molecular weight excluding hydrogens is 294 g/mol. The van der Waals surface area contributed by atoms with Crippen LogP contribution in [0.1, 0.15) is 12.8 Å². The van der Waals surface area contributed by atoms with Gasteiger partial charge in [0.2, 0.25) is 15.9 Å². The smallest absolute Gasteiger partial charge is 0.245 e. The Hall–Kier alpha value is -1.95. The first-order valence-electron chi connectivity index (χ1n) is 6.31. The number of nitrogens with two attached hydrogens (primary N) is 1. The number of carbonyl (C=O) groups is 1. The third-order valence-corrected chi connectivity index (χ3v) is 4.41. The van der Waals surface area contributed by atoms with Crippen LogP contribution in [0.4, 0.5) is 5.69 Å². The maximum Gasteiger partial charge on any atom is 0.245 e. The fourth-order valence-corrected chi connectivity index (χ4v) is 2.86. The van der Waals surface area contributed by atoms with Crippen LogP contribution in [0, 0.1) is 16.7 Å². The number of anilines is 1. The van der Waals surface area contributed by atoms with E-state index in [0.717, 1.165) is 0 Å². The Bertz CT molecular complexity index is 688. The Kier molecular flexibility index (Phi) is 4.27. The van der Waals surface area contributed by atoms with E-state index in [4.69, 9.17) is 9.88 Å². The summed E-state index contributed by atoms with van der Waals surface area (Å²) in [4.78, 5) is 12.2. The fourth-order valence-electron chi connectivity index (χ4n) is 2.17. The van der Waals surface area contributed by atoms with Gasteiger partial charge in [-0.3, -0.25) is 4.79 Å². The molecule has 1 heterocycles. The van der Waals surface area contributed by atoms with E-state index in [1.54, 1.807) is 6.07 Å². The molecule has 0 saturated carbocycles. The molecule has 0 spiro atoms. The minimum Gasteiger partial charge on any atom is -0.381 e. The van der Waals surface area contributed by atoms with Gasteiger partial charge >= 0.3 is 0 Å². The summed E-state index contributed by atoms with van der Waals surface area (Å²) in [6, 6.07) is 7.84. The van der Waals surface area contributed by atoms with Crippen molar-refractivity contribution in [2.75, 3.05) is 18.5 Å². The van der Waals surface area contributed by atoms with E-state index < -0.39 is 21.3 Å². The standard InChI is InChI=1S/C13H15N3O4S/c14-9-13(5-7-20-8-6-13)12(17)16-10-3-1-2-4-11(10)21(15,18)19/h1-4H,5-8H2,(H,16,17)(H2,15,18,19). The van der Waals surface area contributed by atoms with E-state index in [9.17, 15) is 18.5 Å². The van der Waals surface area contributed by atoms with E-state index in [1.807, 2.05) is 6.07 Å². The Labute approximate surface area is 122 Å². The fraction of sp³-hybridized carbons (Fsp3) is 0.385. The number of nitrogens with zero attached hydrogens (tertiary/aromatic N) is 1. The summed E-state index contributed by atoms with van der Waals surface area (Å²) in [6.45, 7) is 0.635. The largest absolute Gasteiger partial charge is 0.381 e. The van der Waals surface area contributed by atoms with Crippen LogP contribution in [0.25, 0.3) is 0 Å². The predicted octanol–water partition coefficient (Wildman–Crippen LogP) is 0.593. The third-order valence-electron chi connectivity index (χ3n) is 3.44. The number of nitrogens with one attached hydrogen (secondary N) is 1. The second kappa shape index (κ2) is 5.81. The molecule has 21 heavy (non-hydrogen) atoms. The number of hydrogen-bond acceptors (Lipinski definition) is 5. The zero-order valence-electron chi connectivity index (χ0n) is 11.2. The molecule has 0 atom stereocenters. The molecule has 0 unspecified atom stereocenters. The molecule has 0 aliphatic carbocycles. The zero-order chi connectivity index (χ0) is 15.5. The van der Waals surface area contributed by atoms with Gasteiger partial charge in [0.1, 0.15) is 10.3 Å².